The number of Topliss-reactive ketones (excluding diaryl/α,β-unsaturated/α-hetero) is 1. The maximum absolute atomic E-state index is 13.8. The molecule has 3 amide bonds. The van der Waals surface area contributed by atoms with E-state index in [1.165, 1.54) is 0 Å². The lowest BCUT2D eigenvalue weighted by Crippen LogP contribution is -2.55. The van der Waals surface area contributed by atoms with Crippen LogP contribution in [0.25, 0.3) is 0 Å². The summed E-state index contributed by atoms with van der Waals surface area (Å²) in [4.78, 5) is 40.4. The van der Waals surface area contributed by atoms with Crippen LogP contribution in [0.4, 0.5) is 16.2 Å². The predicted octanol–water partition coefficient (Wildman–Crippen LogP) is 6.42. The van der Waals surface area contributed by atoms with Crippen molar-refractivity contribution in [2.24, 2.45) is 0 Å². The van der Waals surface area contributed by atoms with Crippen LogP contribution in [-0.4, -0.2) is 17.7 Å². The van der Waals surface area contributed by atoms with E-state index < -0.39 is 11.6 Å². The van der Waals surface area contributed by atoms with Gasteiger partial charge in [-0.15, -0.1) is 0 Å². The van der Waals surface area contributed by atoms with E-state index in [2.05, 4.69) is 16.0 Å². The molecule has 0 fully saturated rings. The lowest BCUT2D eigenvalue weighted by atomic mass is 9.78. The Kier molecular flexibility index (Phi) is 9.01. The van der Waals surface area contributed by atoms with Crippen LogP contribution < -0.4 is 16.0 Å². The van der Waals surface area contributed by atoms with Gasteiger partial charge in [0.1, 0.15) is 5.54 Å². The van der Waals surface area contributed by atoms with Gasteiger partial charge in [0.25, 0.3) is 0 Å². The molecule has 188 valence electrons. The number of amides is 3. The Balaban J connectivity index is 1.99. The fraction of sp³-hybridized carbons (Fsp3) is 0.300. The van der Waals surface area contributed by atoms with Gasteiger partial charge in [0.05, 0.1) is 6.42 Å². The molecule has 6 nitrogen and oxygen atoms in total. The van der Waals surface area contributed by atoms with E-state index in [0.717, 1.165) is 23.1 Å². The Hall–Kier alpha value is -3.93. The molecule has 3 aromatic carbocycles. The minimum Gasteiger partial charge on any atom is -0.326 e. The van der Waals surface area contributed by atoms with E-state index in [1.54, 1.807) is 12.1 Å². The average molecular weight is 486 g/mol. The zero-order valence-corrected chi connectivity index (χ0v) is 21.5. The first-order valence-corrected chi connectivity index (χ1v) is 12.4. The number of anilines is 2. The summed E-state index contributed by atoms with van der Waals surface area (Å²) in [5, 5.41) is 8.64. The Morgan fingerprint density at radius 2 is 1.31 bits per heavy atom. The highest BCUT2D eigenvalue weighted by molar-refractivity contribution is 6.02. The minimum atomic E-state index is -1.52. The van der Waals surface area contributed by atoms with Crippen molar-refractivity contribution in [1.82, 2.24) is 5.32 Å². The van der Waals surface area contributed by atoms with E-state index in [4.69, 9.17) is 0 Å². The van der Waals surface area contributed by atoms with Gasteiger partial charge in [-0.1, -0.05) is 73.0 Å². The number of ketones is 1. The van der Waals surface area contributed by atoms with Gasteiger partial charge in [0, 0.05) is 17.8 Å². The smallest absolute Gasteiger partial charge is 0.320 e. The summed E-state index contributed by atoms with van der Waals surface area (Å²) < 4.78 is 0. The molecule has 3 N–H and O–H groups in total. The Labute approximate surface area is 213 Å². The largest absolute Gasteiger partial charge is 0.326 e. The second kappa shape index (κ2) is 12.2. The number of benzene rings is 3. The summed E-state index contributed by atoms with van der Waals surface area (Å²) in [6, 6.07) is 21.7. The highest BCUT2D eigenvalue weighted by Crippen LogP contribution is 2.32. The molecule has 0 saturated heterocycles. The third-order valence-electron chi connectivity index (χ3n) is 6.24. The number of rotatable bonds is 10. The van der Waals surface area contributed by atoms with Crippen LogP contribution in [-0.2, 0) is 15.1 Å². The summed E-state index contributed by atoms with van der Waals surface area (Å²) in [6.07, 6.45) is 1.50. The molecular weight excluding hydrogens is 450 g/mol. The van der Waals surface area contributed by atoms with Crippen LogP contribution >= 0.6 is 0 Å². The molecule has 36 heavy (non-hydrogen) atoms. The van der Waals surface area contributed by atoms with E-state index >= 15 is 0 Å². The fourth-order valence-corrected chi connectivity index (χ4v) is 4.20. The number of aryl methyl sites for hydroxylation is 3. The van der Waals surface area contributed by atoms with Crippen molar-refractivity contribution in [3.05, 3.63) is 95.1 Å². The van der Waals surface area contributed by atoms with Crippen molar-refractivity contribution in [3.63, 3.8) is 0 Å². The normalized spacial score (nSPS) is 12.3. The Morgan fingerprint density at radius 1 is 0.750 bits per heavy atom. The van der Waals surface area contributed by atoms with Crippen LogP contribution in [0.5, 0.6) is 0 Å². The molecule has 0 aliphatic heterocycles. The van der Waals surface area contributed by atoms with Gasteiger partial charge in [-0.25, -0.2) is 4.79 Å². The van der Waals surface area contributed by atoms with Crippen molar-refractivity contribution in [3.8, 4) is 0 Å². The first kappa shape index (κ1) is 26.7. The summed E-state index contributed by atoms with van der Waals surface area (Å²) >= 11 is 0. The second-order valence-corrected chi connectivity index (χ2v) is 9.28. The molecular formula is C30H35N3O3. The molecule has 0 aromatic heterocycles. The van der Waals surface area contributed by atoms with Crippen molar-refractivity contribution in [2.75, 3.05) is 10.6 Å². The van der Waals surface area contributed by atoms with E-state index in [0.29, 0.717) is 23.4 Å². The van der Waals surface area contributed by atoms with Gasteiger partial charge >= 0.3 is 6.03 Å². The van der Waals surface area contributed by atoms with E-state index in [1.807, 2.05) is 88.4 Å². The summed E-state index contributed by atoms with van der Waals surface area (Å²) in [5.74, 6) is -0.556. The van der Waals surface area contributed by atoms with Gasteiger partial charge in [0.2, 0.25) is 5.91 Å². The van der Waals surface area contributed by atoms with E-state index in [9.17, 15) is 14.4 Å². The molecule has 3 rings (SSSR count). The van der Waals surface area contributed by atoms with Crippen LogP contribution in [0, 0.1) is 20.8 Å². The number of urea groups is 1. The zero-order valence-electron chi connectivity index (χ0n) is 21.5. The molecule has 1 unspecified atom stereocenters. The summed E-state index contributed by atoms with van der Waals surface area (Å²) in [7, 11) is 0. The molecule has 6 heteroatoms. The second-order valence-electron chi connectivity index (χ2n) is 9.28. The number of nitrogens with one attached hydrogen (secondary N) is 3. The molecule has 0 aliphatic carbocycles. The first-order chi connectivity index (χ1) is 17.2. The van der Waals surface area contributed by atoms with Gasteiger partial charge in [-0.2, -0.15) is 0 Å². The van der Waals surface area contributed by atoms with Crippen LogP contribution in [0.1, 0.15) is 54.9 Å². The maximum Gasteiger partial charge on any atom is 0.320 e. The monoisotopic (exact) mass is 485 g/mol. The van der Waals surface area contributed by atoms with Crippen molar-refractivity contribution < 1.29 is 14.4 Å². The Morgan fingerprint density at radius 3 is 1.86 bits per heavy atom. The minimum absolute atomic E-state index is 0.197. The molecule has 0 spiro atoms. The lowest BCUT2D eigenvalue weighted by molar-refractivity contribution is -0.129. The third kappa shape index (κ3) is 6.81. The zero-order chi connectivity index (χ0) is 26.1. The lowest BCUT2D eigenvalue weighted by Gasteiger charge is -2.35. The number of unbranched alkanes of at least 4 members (excludes halogenated alkanes) is 1. The molecule has 0 radical (unpaired) electrons. The van der Waals surface area contributed by atoms with E-state index in [-0.39, 0.29) is 24.5 Å². The van der Waals surface area contributed by atoms with Gasteiger partial charge in [0.15, 0.2) is 5.78 Å². The Bertz CT molecular complexity index is 1140. The van der Waals surface area contributed by atoms with Gasteiger partial charge in [-0.05, 0) is 62.6 Å². The highest BCUT2D eigenvalue weighted by atomic mass is 16.2. The molecule has 0 bridgehead atoms. The highest BCUT2D eigenvalue weighted by Gasteiger charge is 2.43. The number of carbonyl (C=O) groups excluding carboxylic acids is 3. The standard InChI is InChI=1S/C30H35N3O3/c1-5-6-11-27(34)30(26-10-8-7-9-23(26)4,20-28(35)31-24-16-12-21(2)13-17-24)33-29(36)32-25-18-14-22(3)15-19-25/h7-10,12-19H,5-6,11,20H2,1-4H3,(H,31,35)(H2,32,33,36). The molecule has 3 aromatic rings. The number of hydrogen-bond acceptors (Lipinski definition) is 3. The molecule has 0 saturated carbocycles. The topological polar surface area (TPSA) is 87.3 Å². The van der Waals surface area contributed by atoms with Gasteiger partial charge < -0.3 is 16.0 Å². The van der Waals surface area contributed by atoms with Crippen LogP contribution in [0.2, 0.25) is 0 Å². The van der Waals surface area contributed by atoms with Crippen molar-refractivity contribution in [2.45, 2.75) is 58.9 Å². The molecule has 1 atom stereocenters. The van der Waals surface area contributed by atoms with Crippen LogP contribution in [0.3, 0.4) is 0 Å². The fourth-order valence-electron chi connectivity index (χ4n) is 4.20. The maximum atomic E-state index is 13.8. The number of hydrogen-bond donors (Lipinski definition) is 3. The quantitative estimate of drug-likeness (QED) is 0.310. The summed E-state index contributed by atoms with van der Waals surface area (Å²) in [6.45, 7) is 7.82. The SMILES string of the molecule is CCCCC(=O)C(CC(=O)Nc1ccc(C)cc1)(NC(=O)Nc1ccc(C)cc1)c1ccccc1C. The number of carbonyl (C=O) groups is 3. The average Bonchev–Trinajstić information content (AvgIpc) is 2.85. The molecule has 0 heterocycles. The summed E-state index contributed by atoms with van der Waals surface area (Å²) in [5.41, 5.74) is 3.29. The van der Waals surface area contributed by atoms with Crippen molar-refractivity contribution >= 4 is 29.1 Å². The third-order valence-corrected chi connectivity index (χ3v) is 6.24. The van der Waals surface area contributed by atoms with Gasteiger partial charge in [-0.3, -0.25) is 9.59 Å². The molecule has 0 aliphatic rings. The van der Waals surface area contributed by atoms with Crippen molar-refractivity contribution in [1.29, 1.82) is 0 Å². The predicted molar refractivity (Wildman–Crippen MR) is 145 cm³/mol. The first-order valence-electron chi connectivity index (χ1n) is 12.4. The van der Waals surface area contributed by atoms with Crippen LogP contribution in [0.15, 0.2) is 72.8 Å².